The SMILES string of the molecule is O=C1CCc2cc(/C=C/C(=O)N3CCCC(n4cccn4)CC3)cnc2N1. The van der Waals surface area contributed by atoms with Gasteiger partial charge >= 0.3 is 0 Å². The number of aromatic nitrogens is 3. The molecule has 27 heavy (non-hydrogen) atoms. The number of fused-ring (bicyclic) bond motifs is 1. The number of anilines is 1. The van der Waals surface area contributed by atoms with Gasteiger partial charge in [0.2, 0.25) is 11.8 Å². The average molecular weight is 365 g/mol. The Morgan fingerprint density at radius 1 is 1.26 bits per heavy atom. The van der Waals surface area contributed by atoms with Crippen LogP contribution in [0.4, 0.5) is 5.82 Å². The highest BCUT2D eigenvalue weighted by Crippen LogP contribution is 2.23. The Hall–Kier alpha value is -2.96. The molecule has 0 saturated carbocycles. The number of carbonyl (C=O) groups is 2. The van der Waals surface area contributed by atoms with Crippen LogP contribution in [0.5, 0.6) is 0 Å². The fraction of sp³-hybridized carbons (Fsp3) is 0.400. The lowest BCUT2D eigenvalue weighted by Gasteiger charge is -2.19. The second-order valence-electron chi connectivity index (χ2n) is 7.05. The van der Waals surface area contributed by atoms with Crippen LogP contribution in [0.25, 0.3) is 6.08 Å². The van der Waals surface area contributed by atoms with E-state index in [1.807, 2.05) is 34.0 Å². The van der Waals surface area contributed by atoms with Crippen LogP contribution in [0.15, 0.2) is 36.8 Å². The molecule has 1 saturated heterocycles. The molecule has 1 fully saturated rings. The topological polar surface area (TPSA) is 80.1 Å². The Morgan fingerprint density at radius 3 is 3.04 bits per heavy atom. The summed E-state index contributed by atoms with van der Waals surface area (Å²) in [6, 6.07) is 4.29. The largest absolute Gasteiger partial charge is 0.339 e. The molecule has 0 spiro atoms. The molecule has 2 aromatic rings. The smallest absolute Gasteiger partial charge is 0.246 e. The summed E-state index contributed by atoms with van der Waals surface area (Å²) in [6.07, 6.45) is 13.0. The summed E-state index contributed by atoms with van der Waals surface area (Å²) in [4.78, 5) is 30.2. The van der Waals surface area contributed by atoms with Crippen molar-refractivity contribution >= 4 is 23.7 Å². The van der Waals surface area contributed by atoms with Gasteiger partial charge in [0.15, 0.2) is 0 Å². The Kier molecular flexibility index (Phi) is 5.00. The first-order valence-corrected chi connectivity index (χ1v) is 9.44. The number of amides is 2. The van der Waals surface area contributed by atoms with E-state index in [0.717, 1.165) is 43.5 Å². The van der Waals surface area contributed by atoms with Crippen LogP contribution >= 0.6 is 0 Å². The van der Waals surface area contributed by atoms with Gasteiger partial charge in [0.05, 0.1) is 6.04 Å². The standard InChI is InChI=1S/C20H23N5O2/c26-18-6-5-16-13-15(14-21-20(16)23-18)4-7-19(27)24-10-1-3-17(8-12-24)25-11-2-9-22-25/h2,4,7,9,11,13-14,17H,1,3,5-6,8,10,12H2,(H,21,23,26)/b7-4+. The maximum atomic E-state index is 12.6. The van der Waals surface area contributed by atoms with Gasteiger partial charge in [-0.05, 0) is 55.0 Å². The zero-order valence-electron chi connectivity index (χ0n) is 15.2. The molecule has 1 atom stereocenters. The minimum Gasteiger partial charge on any atom is -0.339 e. The van der Waals surface area contributed by atoms with Crippen molar-refractivity contribution in [3.63, 3.8) is 0 Å². The van der Waals surface area contributed by atoms with E-state index < -0.39 is 0 Å². The van der Waals surface area contributed by atoms with E-state index >= 15 is 0 Å². The molecule has 4 heterocycles. The Balaban J connectivity index is 1.38. The highest BCUT2D eigenvalue weighted by atomic mass is 16.2. The zero-order chi connectivity index (χ0) is 18.6. The molecule has 2 aliphatic rings. The van der Waals surface area contributed by atoms with Crippen molar-refractivity contribution in [1.82, 2.24) is 19.7 Å². The van der Waals surface area contributed by atoms with Gasteiger partial charge in [0.1, 0.15) is 5.82 Å². The number of carbonyl (C=O) groups excluding carboxylic acids is 2. The van der Waals surface area contributed by atoms with Crippen LogP contribution in [0, 0.1) is 0 Å². The number of likely N-dealkylation sites (tertiary alicyclic amines) is 1. The van der Waals surface area contributed by atoms with Crippen molar-refractivity contribution in [2.24, 2.45) is 0 Å². The molecule has 2 amide bonds. The van der Waals surface area contributed by atoms with E-state index in [4.69, 9.17) is 0 Å². The third kappa shape index (κ3) is 4.07. The Bertz CT molecular complexity index is 859. The quantitative estimate of drug-likeness (QED) is 0.847. The van der Waals surface area contributed by atoms with E-state index in [-0.39, 0.29) is 11.8 Å². The van der Waals surface area contributed by atoms with Gasteiger partial charge in [-0.1, -0.05) is 0 Å². The molecule has 4 rings (SSSR count). The third-order valence-electron chi connectivity index (χ3n) is 5.19. The fourth-order valence-electron chi connectivity index (χ4n) is 3.70. The average Bonchev–Trinajstić information content (AvgIpc) is 3.10. The van der Waals surface area contributed by atoms with Crippen molar-refractivity contribution in [2.75, 3.05) is 18.4 Å². The molecule has 140 valence electrons. The van der Waals surface area contributed by atoms with Gasteiger partial charge in [-0.15, -0.1) is 0 Å². The number of nitrogens with one attached hydrogen (secondary N) is 1. The first-order chi connectivity index (χ1) is 13.2. The number of hydrogen-bond donors (Lipinski definition) is 1. The molecule has 1 unspecified atom stereocenters. The minimum absolute atomic E-state index is 0.00282. The van der Waals surface area contributed by atoms with Gasteiger partial charge in [-0.2, -0.15) is 5.10 Å². The summed E-state index contributed by atoms with van der Waals surface area (Å²) >= 11 is 0. The third-order valence-corrected chi connectivity index (χ3v) is 5.19. The van der Waals surface area contributed by atoms with E-state index in [1.54, 1.807) is 18.5 Å². The lowest BCUT2D eigenvalue weighted by Crippen LogP contribution is -2.30. The second kappa shape index (κ2) is 7.73. The summed E-state index contributed by atoms with van der Waals surface area (Å²) in [7, 11) is 0. The summed E-state index contributed by atoms with van der Waals surface area (Å²) < 4.78 is 2.00. The van der Waals surface area contributed by atoms with E-state index in [2.05, 4.69) is 15.4 Å². The summed E-state index contributed by atoms with van der Waals surface area (Å²) in [5.74, 6) is 0.664. The summed E-state index contributed by atoms with van der Waals surface area (Å²) in [5, 5.41) is 7.10. The van der Waals surface area contributed by atoms with E-state index in [9.17, 15) is 9.59 Å². The maximum absolute atomic E-state index is 12.6. The Morgan fingerprint density at radius 2 is 2.19 bits per heavy atom. The Labute approximate surface area is 158 Å². The van der Waals surface area contributed by atoms with Gasteiger partial charge in [0, 0.05) is 44.2 Å². The molecule has 0 aliphatic carbocycles. The molecular formula is C20H23N5O2. The second-order valence-corrected chi connectivity index (χ2v) is 7.05. The summed E-state index contributed by atoms with van der Waals surface area (Å²) in [6.45, 7) is 1.51. The molecule has 1 N–H and O–H groups in total. The van der Waals surface area contributed by atoms with E-state index in [1.165, 1.54) is 0 Å². The van der Waals surface area contributed by atoms with Crippen molar-refractivity contribution in [3.05, 3.63) is 47.9 Å². The first kappa shape index (κ1) is 17.5. The highest BCUT2D eigenvalue weighted by molar-refractivity contribution is 5.93. The monoisotopic (exact) mass is 365 g/mol. The molecular weight excluding hydrogens is 342 g/mol. The van der Waals surface area contributed by atoms with Crippen LogP contribution in [-0.2, 0) is 16.0 Å². The first-order valence-electron chi connectivity index (χ1n) is 9.44. The van der Waals surface area contributed by atoms with Crippen molar-refractivity contribution < 1.29 is 9.59 Å². The number of rotatable bonds is 3. The maximum Gasteiger partial charge on any atom is 0.246 e. The van der Waals surface area contributed by atoms with Crippen molar-refractivity contribution in [2.45, 2.75) is 38.1 Å². The van der Waals surface area contributed by atoms with Crippen LogP contribution < -0.4 is 5.32 Å². The van der Waals surface area contributed by atoms with Gasteiger partial charge in [-0.25, -0.2) is 4.98 Å². The van der Waals surface area contributed by atoms with Gasteiger partial charge < -0.3 is 10.2 Å². The van der Waals surface area contributed by atoms with Crippen LogP contribution in [-0.4, -0.2) is 44.6 Å². The number of hydrogen-bond acceptors (Lipinski definition) is 4. The number of nitrogens with zero attached hydrogens (tertiary/aromatic N) is 4. The predicted octanol–water partition coefficient (Wildman–Crippen LogP) is 2.43. The molecule has 0 bridgehead atoms. The molecule has 2 aromatic heterocycles. The normalized spacial score (nSPS) is 20.2. The van der Waals surface area contributed by atoms with Gasteiger partial charge in [0.25, 0.3) is 0 Å². The van der Waals surface area contributed by atoms with Crippen LogP contribution in [0.3, 0.4) is 0 Å². The van der Waals surface area contributed by atoms with Crippen molar-refractivity contribution in [3.8, 4) is 0 Å². The van der Waals surface area contributed by atoms with Gasteiger partial charge in [-0.3, -0.25) is 14.3 Å². The fourth-order valence-corrected chi connectivity index (χ4v) is 3.70. The molecule has 0 radical (unpaired) electrons. The molecule has 2 aliphatic heterocycles. The molecule has 7 nitrogen and oxygen atoms in total. The zero-order valence-corrected chi connectivity index (χ0v) is 15.2. The highest BCUT2D eigenvalue weighted by Gasteiger charge is 2.20. The lowest BCUT2D eigenvalue weighted by molar-refractivity contribution is -0.126. The summed E-state index contributed by atoms with van der Waals surface area (Å²) in [5.41, 5.74) is 1.89. The van der Waals surface area contributed by atoms with Crippen LogP contribution in [0.2, 0.25) is 0 Å². The minimum atomic E-state index is 0.00282. The number of aryl methyl sites for hydroxylation is 1. The lowest BCUT2D eigenvalue weighted by atomic mass is 10.0. The molecule has 0 aromatic carbocycles. The molecule has 7 heteroatoms. The predicted molar refractivity (Wildman–Crippen MR) is 102 cm³/mol. The van der Waals surface area contributed by atoms with Crippen molar-refractivity contribution in [1.29, 1.82) is 0 Å². The number of pyridine rings is 1. The van der Waals surface area contributed by atoms with E-state index in [0.29, 0.717) is 24.7 Å². The van der Waals surface area contributed by atoms with Crippen LogP contribution in [0.1, 0.15) is 42.9 Å².